The van der Waals surface area contributed by atoms with Crippen molar-refractivity contribution in [1.82, 2.24) is 15.2 Å². The Morgan fingerprint density at radius 2 is 2.08 bits per heavy atom. The monoisotopic (exact) mass is 385 g/mol. The molecule has 1 fully saturated rings. The van der Waals surface area contributed by atoms with Crippen molar-refractivity contribution in [2.24, 2.45) is 0 Å². The third-order valence-corrected chi connectivity index (χ3v) is 4.37. The number of halogens is 2. The summed E-state index contributed by atoms with van der Waals surface area (Å²) in [5, 5.41) is 3.29. The molecule has 1 N–H and O–H groups in total. The molecule has 1 atom stereocenters. The first-order chi connectivity index (χ1) is 11.2. The first-order valence-corrected chi connectivity index (χ1v) is 8.20. The molecule has 2 aromatic rings. The molecule has 5 nitrogen and oxygen atoms in total. The van der Waals surface area contributed by atoms with Crippen molar-refractivity contribution in [1.29, 1.82) is 0 Å². The Kier molecular flexibility index (Phi) is 8.97. The van der Waals surface area contributed by atoms with E-state index in [9.17, 15) is 4.79 Å². The summed E-state index contributed by atoms with van der Waals surface area (Å²) in [6.45, 7) is 1.91. The predicted octanol–water partition coefficient (Wildman–Crippen LogP) is 3.33. The number of amides is 1. The molecule has 1 aromatic heterocycles. The number of hydrogen-bond acceptors (Lipinski definition) is 4. The molecule has 7 heteroatoms. The number of hydrogen-bond donors (Lipinski definition) is 1. The molecule has 1 aliphatic rings. The third-order valence-electron chi connectivity index (χ3n) is 4.37. The van der Waals surface area contributed by atoms with Gasteiger partial charge < -0.3 is 14.6 Å². The minimum Gasteiger partial charge on any atom is -0.441 e. The number of aromatic nitrogens is 1. The highest BCUT2D eigenvalue weighted by molar-refractivity contribution is 5.85. The number of carbonyl (C=O) groups is 1. The molecule has 1 aliphatic heterocycles. The smallest absolute Gasteiger partial charge is 0.222 e. The van der Waals surface area contributed by atoms with Gasteiger partial charge in [-0.15, -0.1) is 24.8 Å². The van der Waals surface area contributed by atoms with Crippen LogP contribution in [0.5, 0.6) is 0 Å². The molecule has 0 bridgehead atoms. The normalized spacial score (nSPS) is 16.0. The second-order valence-electron chi connectivity index (χ2n) is 5.99. The summed E-state index contributed by atoms with van der Waals surface area (Å²) in [7, 11) is 1.90. The molecule has 1 amide bonds. The van der Waals surface area contributed by atoms with Gasteiger partial charge in [0.2, 0.25) is 5.91 Å². The molecular weight excluding hydrogens is 361 g/mol. The minimum atomic E-state index is 0. The second kappa shape index (κ2) is 10.4. The Labute approximate surface area is 161 Å². The molecule has 0 aliphatic carbocycles. The Hall–Kier alpha value is -1.56. The van der Waals surface area contributed by atoms with Crippen LogP contribution in [0.3, 0.4) is 0 Å². The number of likely N-dealkylation sites (N-methyl/N-ethyl adjacent to an activating group) is 1. The molecule has 25 heavy (non-hydrogen) atoms. The maximum absolute atomic E-state index is 12.2. The molecule has 1 aromatic carbocycles. The highest BCUT2D eigenvalue weighted by atomic mass is 35.5. The summed E-state index contributed by atoms with van der Waals surface area (Å²) >= 11 is 0. The SMILES string of the molecule is CN(C(=O)CCCc1ncc(-c2ccccc2)o1)C1CCNC1.Cl.Cl. The number of rotatable bonds is 6. The average molecular weight is 386 g/mol. The molecule has 138 valence electrons. The maximum atomic E-state index is 12.2. The van der Waals surface area contributed by atoms with Crippen LogP contribution in [0.1, 0.15) is 25.2 Å². The van der Waals surface area contributed by atoms with E-state index in [1.54, 1.807) is 6.20 Å². The van der Waals surface area contributed by atoms with E-state index in [2.05, 4.69) is 10.3 Å². The van der Waals surface area contributed by atoms with E-state index in [0.29, 0.717) is 24.8 Å². The van der Waals surface area contributed by atoms with E-state index in [-0.39, 0.29) is 30.7 Å². The van der Waals surface area contributed by atoms with Gasteiger partial charge in [-0.05, 0) is 19.4 Å². The fourth-order valence-electron chi connectivity index (χ4n) is 2.90. The zero-order chi connectivity index (χ0) is 16.1. The van der Waals surface area contributed by atoms with Gasteiger partial charge in [-0.3, -0.25) is 4.79 Å². The Morgan fingerprint density at radius 3 is 2.76 bits per heavy atom. The fraction of sp³-hybridized carbons (Fsp3) is 0.444. The van der Waals surface area contributed by atoms with E-state index in [4.69, 9.17) is 4.42 Å². The highest BCUT2D eigenvalue weighted by Crippen LogP contribution is 2.20. The van der Waals surface area contributed by atoms with Crippen molar-refractivity contribution in [3.05, 3.63) is 42.4 Å². The lowest BCUT2D eigenvalue weighted by Gasteiger charge is -2.23. The molecule has 0 spiro atoms. The molecular formula is C18H25Cl2N3O2. The molecule has 3 rings (SSSR count). The summed E-state index contributed by atoms with van der Waals surface area (Å²) in [6.07, 6.45) is 4.79. The molecule has 1 saturated heterocycles. The fourth-order valence-corrected chi connectivity index (χ4v) is 2.90. The number of oxazole rings is 1. The van der Waals surface area contributed by atoms with Gasteiger partial charge in [0.1, 0.15) is 0 Å². The summed E-state index contributed by atoms with van der Waals surface area (Å²) < 4.78 is 5.77. The van der Waals surface area contributed by atoms with Gasteiger partial charge >= 0.3 is 0 Å². The van der Waals surface area contributed by atoms with Crippen LogP contribution in [-0.4, -0.2) is 42.0 Å². The van der Waals surface area contributed by atoms with E-state index >= 15 is 0 Å². The minimum absolute atomic E-state index is 0. The number of nitrogens with zero attached hydrogens (tertiary/aromatic N) is 2. The van der Waals surface area contributed by atoms with Crippen molar-refractivity contribution < 1.29 is 9.21 Å². The van der Waals surface area contributed by atoms with Gasteiger partial charge in [0.15, 0.2) is 11.7 Å². The first-order valence-electron chi connectivity index (χ1n) is 8.20. The first kappa shape index (κ1) is 21.5. The number of benzene rings is 1. The van der Waals surface area contributed by atoms with Gasteiger partial charge in [0, 0.05) is 38.0 Å². The standard InChI is InChI=1S/C18H23N3O2.2ClH/c1-21(15-10-11-19-12-15)18(22)9-5-8-17-20-13-16(23-17)14-6-3-2-4-7-14;;/h2-4,6-7,13,15,19H,5,8-12H2,1H3;2*1H. The van der Waals surface area contributed by atoms with Crippen molar-refractivity contribution in [2.45, 2.75) is 31.7 Å². The second-order valence-corrected chi connectivity index (χ2v) is 5.99. The maximum Gasteiger partial charge on any atom is 0.222 e. The number of carbonyl (C=O) groups excluding carboxylic acids is 1. The van der Waals surface area contributed by atoms with Crippen LogP contribution in [0.25, 0.3) is 11.3 Å². The van der Waals surface area contributed by atoms with Crippen LogP contribution >= 0.6 is 24.8 Å². The quantitative estimate of drug-likeness (QED) is 0.828. The zero-order valence-corrected chi connectivity index (χ0v) is 15.9. The molecule has 1 unspecified atom stereocenters. The Balaban J connectivity index is 0.00000156. The topological polar surface area (TPSA) is 58.4 Å². The Bertz CT molecular complexity index is 643. The van der Waals surface area contributed by atoms with Crippen molar-refractivity contribution >= 4 is 30.7 Å². The van der Waals surface area contributed by atoms with E-state index < -0.39 is 0 Å². The summed E-state index contributed by atoms with van der Waals surface area (Å²) in [6, 6.07) is 10.3. The van der Waals surface area contributed by atoms with Crippen LogP contribution < -0.4 is 5.32 Å². The largest absolute Gasteiger partial charge is 0.441 e. The van der Waals surface area contributed by atoms with E-state index in [1.807, 2.05) is 42.3 Å². The number of nitrogens with one attached hydrogen (secondary N) is 1. The zero-order valence-electron chi connectivity index (χ0n) is 14.3. The summed E-state index contributed by atoms with van der Waals surface area (Å²) in [4.78, 5) is 18.4. The van der Waals surface area contributed by atoms with Gasteiger partial charge in [-0.2, -0.15) is 0 Å². The van der Waals surface area contributed by atoms with Crippen LogP contribution in [-0.2, 0) is 11.2 Å². The van der Waals surface area contributed by atoms with Crippen molar-refractivity contribution in [3.8, 4) is 11.3 Å². The average Bonchev–Trinajstić information content (AvgIpc) is 3.27. The predicted molar refractivity (Wildman–Crippen MR) is 103 cm³/mol. The highest BCUT2D eigenvalue weighted by Gasteiger charge is 2.22. The van der Waals surface area contributed by atoms with Crippen molar-refractivity contribution in [3.63, 3.8) is 0 Å². The van der Waals surface area contributed by atoms with Crippen LogP contribution in [0.4, 0.5) is 0 Å². The third kappa shape index (κ3) is 5.73. The van der Waals surface area contributed by atoms with Gasteiger partial charge in [0.25, 0.3) is 0 Å². The summed E-state index contributed by atoms with van der Waals surface area (Å²) in [5.41, 5.74) is 1.02. The lowest BCUT2D eigenvalue weighted by molar-refractivity contribution is -0.131. The van der Waals surface area contributed by atoms with E-state index in [0.717, 1.165) is 37.3 Å². The molecule has 2 heterocycles. The molecule has 0 saturated carbocycles. The van der Waals surface area contributed by atoms with Crippen LogP contribution in [0.15, 0.2) is 40.9 Å². The lowest BCUT2D eigenvalue weighted by Crippen LogP contribution is -2.38. The summed E-state index contributed by atoms with van der Waals surface area (Å²) in [5.74, 6) is 1.68. The van der Waals surface area contributed by atoms with Crippen LogP contribution in [0, 0.1) is 0 Å². The van der Waals surface area contributed by atoms with Gasteiger partial charge in [-0.25, -0.2) is 4.98 Å². The van der Waals surface area contributed by atoms with E-state index in [1.165, 1.54) is 0 Å². The Morgan fingerprint density at radius 1 is 1.32 bits per heavy atom. The van der Waals surface area contributed by atoms with Gasteiger partial charge in [-0.1, -0.05) is 30.3 Å². The number of aryl methyl sites for hydroxylation is 1. The van der Waals surface area contributed by atoms with Gasteiger partial charge in [0.05, 0.1) is 6.20 Å². The van der Waals surface area contributed by atoms with Crippen molar-refractivity contribution in [2.75, 3.05) is 20.1 Å². The molecule has 0 radical (unpaired) electrons. The lowest BCUT2D eigenvalue weighted by atomic mass is 10.2. The van der Waals surface area contributed by atoms with Crippen LogP contribution in [0.2, 0.25) is 0 Å².